The van der Waals surface area contributed by atoms with Crippen LogP contribution in [0.15, 0.2) is 6.07 Å². The molecule has 0 aliphatic carbocycles. The zero-order valence-electron chi connectivity index (χ0n) is 12.8. The molecule has 0 radical (unpaired) electrons. The van der Waals surface area contributed by atoms with Crippen LogP contribution in [-0.2, 0) is 15.9 Å². The first-order valence-electron chi connectivity index (χ1n) is 7.43. The zero-order valence-corrected chi connectivity index (χ0v) is 12.8. The molecule has 0 aromatic carbocycles. The Kier molecular flexibility index (Phi) is 5.73. The lowest BCUT2D eigenvalue weighted by molar-refractivity contribution is 0.00604. The van der Waals surface area contributed by atoms with Gasteiger partial charge in [0.05, 0.1) is 19.3 Å². The van der Waals surface area contributed by atoms with Crippen molar-refractivity contribution in [2.45, 2.75) is 39.2 Å². The fraction of sp³-hybridized carbons (Fsp3) is 0.733. The van der Waals surface area contributed by atoms with E-state index in [1.807, 2.05) is 6.92 Å². The number of hydrogen-bond donors (Lipinski definition) is 0. The summed E-state index contributed by atoms with van der Waals surface area (Å²) in [7, 11) is 1.70. The van der Waals surface area contributed by atoms with Crippen LogP contribution in [0.1, 0.15) is 31.3 Å². The van der Waals surface area contributed by atoms with Crippen LogP contribution in [0.3, 0.4) is 0 Å². The fourth-order valence-corrected chi connectivity index (χ4v) is 2.50. The highest BCUT2D eigenvalue weighted by Gasteiger charge is 2.21. The molecule has 1 aliphatic heterocycles. The maximum absolute atomic E-state index is 5.79. The van der Waals surface area contributed by atoms with Gasteiger partial charge in [0.1, 0.15) is 11.6 Å². The number of ether oxygens (including phenoxy) is 2. The molecule has 2 rings (SSSR count). The van der Waals surface area contributed by atoms with Gasteiger partial charge in [-0.3, -0.25) is 0 Å². The van der Waals surface area contributed by atoms with E-state index in [0.29, 0.717) is 19.3 Å². The Balaban J connectivity index is 1.88. The van der Waals surface area contributed by atoms with Crippen molar-refractivity contribution >= 4 is 5.82 Å². The number of rotatable bonds is 6. The third-order valence-electron chi connectivity index (χ3n) is 3.65. The summed E-state index contributed by atoms with van der Waals surface area (Å²) in [5.74, 6) is 1.92. The largest absolute Gasteiger partial charge is 0.382 e. The molecule has 1 aliphatic rings. The summed E-state index contributed by atoms with van der Waals surface area (Å²) in [4.78, 5) is 11.3. The minimum atomic E-state index is 0.356. The first kappa shape index (κ1) is 15.2. The highest BCUT2D eigenvalue weighted by Crippen LogP contribution is 2.20. The standard InChI is InChI=1S/C15H25N3O2/c1-4-13-11-15(17-12(2)16-13)18-7-5-14(6-8-18)20-10-9-19-3/h11,14H,4-10H2,1-3H3. The molecule has 0 spiro atoms. The number of piperidine rings is 1. The van der Waals surface area contributed by atoms with Crippen LogP contribution < -0.4 is 4.90 Å². The summed E-state index contributed by atoms with van der Waals surface area (Å²) in [5.41, 5.74) is 1.12. The Morgan fingerprint density at radius 2 is 2.00 bits per heavy atom. The first-order chi connectivity index (χ1) is 9.72. The van der Waals surface area contributed by atoms with E-state index in [9.17, 15) is 0 Å². The van der Waals surface area contributed by atoms with Crippen molar-refractivity contribution in [3.8, 4) is 0 Å². The molecule has 112 valence electrons. The van der Waals surface area contributed by atoms with Gasteiger partial charge in [0.25, 0.3) is 0 Å². The van der Waals surface area contributed by atoms with Crippen LogP contribution >= 0.6 is 0 Å². The summed E-state index contributed by atoms with van der Waals surface area (Å²) < 4.78 is 10.8. The van der Waals surface area contributed by atoms with Gasteiger partial charge >= 0.3 is 0 Å². The average Bonchev–Trinajstić information content (AvgIpc) is 2.47. The molecule has 1 fully saturated rings. The summed E-state index contributed by atoms with van der Waals surface area (Å²) in [5, 5.41) is 0. The summed E-state index contributed by atoms with van der Waals surface area (Å²) in [6.45, 7) is 7.44. The van der Waals surface area contributed by atoms with Crippen molar-refractivity contribution < 1.29 is 9.47 Å². The normalized spacial score (nSPS) is 16.6. The molecule has 2 heterocycles. The number of aryl methyl sites for hydroxylation is 2. The van der Waals surface area contributed by atoms with Gasteiger partial charge in [-0.05, 0) is 26.2 Å². The van der Waals surface area contributed by atoms with Gasteiger partial charge in [0.2, 0.25) is 0 Å². The molecule has 0 saturated carbocycles. The summed E-state index contributed by atoms with van der Waals surface area (Å²) in [6, 6.07) is 2.11. The number of hydrogen-bond acceptors (Lipinski definition) is 5. The lowest BCUT2D eigenvalue weighted by Gasteiger charge is -2.33. The second-order valence-electron chi connectivity index (χ2n) is 5.17. The van der Waals surface area contributed by atoms with Crippen LogP contribution in [-0.4, -0.2) is 49.5 Å². The van der Waals surface area contributed by atoms with Crippen molar-refractivity contribution in [2.24, 2.45) is 0 Å². The molecule has 0 amide bonds. The number of nitrogens with zero attached hydrogens (tertiary/aromatic N) is 3. The minimum absolute atomic E-state index is 0.356. The molecule has 1 saturated heterocycles. The SMILES string of the molecule is CCc1cc(N2CCC(OCCOC)CC2)nc(C)n1. The van der Waals surface area contributed by atoms with Crippen LogP contribution in [0.4, 0.5) is 5.82 Å². The second kappa shape index (κ2) is 7.55. The smallest absolute Gasteiger partial charge is 0.132 e. The van der Waals surface area contributed by atoms with Crippen LogP contribution in [0, 0.1) is 6.92 Å². The van der Waals surface area contributed by atoms with Crippen LogP contribution in [0.25, 0.3) is 0 Å². The molecule has 20 heavy (non-hydrogen) atoms. The second-order valence-corrected chi connectivity index (χ2v) is 5.17. The van der Waals surface area contributed by atoms with E-state index >= 15 is 0 Å². The van der Waals surface area contributed by atoms with Crippen molar-refractivity contribution in [1.82, 2.24) is 9.97 Å². The maximum Gasteiger partial charge on any atom is 0.132 e. The van der Waals surface area contributed by atoms with E-state index in [0.717, 1.165) is 49.7 Å². The Labute approximate surface area is 121 Å². The van der Waals surface area contributed by atoms with Gasteiger partial charge < -0.3 is 14.4 Å². The van der Waals surface area contributed by atoms with E-state index in [1.165, 1.54) is 0 Å². The highest BCUT2D eigenvalue weighted by atomic mass is 16.5. The predicted molar refractivity (Wildman–Crippen MR) is 79.2 cm³/mol. The molecule has 0 N–H and O–H groups in total. The average molecular weight is 279 g/mol. The van der Waals surface area contributed by atoms with Gasteiger partial charge in [-0.2, -0.15) is 0 Å². The number of methoxy groups -OCH3 is 1. The predicted octanol–water partition coefficient (Wildman–Crippen LogP) is 1.98. The molecule has 0 unspecified atom stereocenters. The van der Waals surface area contributed by atoms with Gasteiger partial charge in [0, 0.05) is 32.0 Å². The van der Waals surface area contributed by atoms with Crippen LogP contribution in [0.2, 0.25) is 0 Å². The van der Waals surface area contributed by atoms with Gasteiger partial charge in [-0.25, -0.2) is 9.97 Å². The third kappa shape index (κ3) is 4.15. The first-order valence-corrected chi connectivity index (χ1v) is 7.43. The Morgan fingerprint density at radius 1 is 1.25 bits per heavy atom. The van der Waals surface area contributed by atoms with Crippen LogP contribution in [0.5, 0.6) is 0 Å². The van der Waals surface area contributed by atoms with E-state index in [2.05, 4.69) is 27.9 Å². The summed E-state index contributed by atoms with van der Waals surface area (Å²) >= 11 is 0. The molecule has 1 aromatic heterocycles. The van der Waals surface area contributed by atoms with E-state index < -0.39 is 0 Å². The zero-order chi connectivity index (χ0) is 14.4. The highest BCUT2D eigenvalue weighted by molar-refractivity contribution is 5.40. The fourth-order valence-electron chi connectivity index (χ4n) is 2.50. The Bertz CT molecular complexity index is 418. The van der Waals surface area contributed by atoms with E-state index in [-0.39, 0.29) is 0 Å². The maximum atomic E-state index is 5.79. The topological polar surface area (TPSA) is 47.5 Å². The van der Waals surface area contributed by atoms with Gasteiger partial charge in [-0.1, -0.05) is 6.92 Å². The lowest BCUT2D eigenvalue weighted by atomic mass is 10.1. The molecule has 0 atom stereocenters. The third-order valence-corrected chi connectivity index (χ3v) is 3.65. The molecule has 5 nitrogen and oxygen atoms in total. The minimum Gasteiger partial charge on any atom is -0.382 e. The molecule has 0 bridgehead atoms. The quantitative estimate of drug-likeness (QED) is 0.745. The van der Waals surface area contributed by atoms with Gasteiger partial charge in [-0.15, -0.1) is 0 Å². The number of aromatic nitrogens is 2. The molecular weight excluding hydrogens is 254 g/mol. The Morgan fingerprint density at radius 3 is 2.65 bits per heavy atom. The van der Waals surface area contributed by atoms with E-state index in [4.69, 9.17) is 9.47 Å². The van der Waals surface area contributed by atoms with Crippen molar-refractivity contribution in [3.05, 3.63) is 17.6 Å². The molecule has 5 heteroatoms. The lowest BCUT2D eigenvalue weighted by Crippen LogP contribution is -2.38. The monoisotopic (exact) mass is 279 g/mol. The van der Waals surface area contributed by atoms with Crippen molar-refractivity contribution in [3.63, 3.8) is 0 Å². The molecular formula is C15H25N3O2. The van der Waals surface area contributed by atoms with Crippen molar-refractivity contribution in [1.29, 1.82) is 0 Å². The van der Waals surface area contributed by atoms with E-state index in [1.54, 1.807) is 7.11 Å². The van der Waals surface area contributed by atoms with Crippen molar-refractivity contribution in [2.75, 3.05) is 38.3 Å². The number of anilines is 1. The summed E-state index contributed by atoms with van der Waals surface area (Å²) in [6.07, 6.45) is 3.41. The van der Waals surface area contributed by atoms with Gasteiger partial charge in [0.15, 0.2) is 0 Å². The Hall–Kier alpha value is -1.20. The molecule has 1 aromatic rings.